The van der Waals surface area contributed by atoms with Crippen LogP contribution in [0, 0.1) is 0 Å². The largest absolute Gasteiger partial charge is 0.481 e. The molecule has 1 heterocycles. The zero-order chi connectivity index (χ0) is 55.9. The third-order valence-electron chi connectivity index (χ3n) is 14.5. The lowest BCUT2D eigenvalue weighted by atomic mass is 9.91. The van der Waals surface area contributed by atoms with Crippen molar-refractivity contribution in [2.75, 3.05) is 0 Å². The van der Waals surface area contributed by atoms with Gasteiger partial charge in [0.1, 0.15) is 28.2 Å². The van der Waals surface area contributed by atoms with Gasteiger partial charge in [-0.25, -0.2) is 0 Å². The minimum absolute atomic E-state index is 0.00345. The number of hydrogen-bond donors (Lipinski definition) is 1. The Morgan fingerprint density at radius 1 is 0.442 bits per heavy atom. The topological polar surface area (TPSA) is 173 Å². The lowest BCUT2D eigenvalue weighted by molar-refractivity contribution is -0.140. The van der Waals surface area contributed by atoms with Gasteiger partial charge in [0, 0.05) is 48.9 Å². The normalized spacial score (nSPS) is 11.7. The van der Waals surface area contributed by atoms with Crippen molar-refractivity contribution in [1.82, 2.24) is 0 Å². The van der Waals surface area contributed by atoms with Crippen LogP contribution in [-0.2, 0) is 24.0 Å². The fourth-order valence-electron chi connectivity index (χ4n) is 9.86. The molecule has 1 aromatic heterocycles. The Labute approximate surface area is 462 Å². The van der Waals surface area contributed by atoms with Crippen molar-refractivity contribution in [2.24, 2.45) is 0 Å². The predicted octanol–water partition coefficient (Wildman–Crippen LogP) is 18.6. The molecule has 1 atom stereocenters. The highest BCUT2D eigenvalue weighted by Gasteiger charge is 2.29. The first kappa shape index (κ1) is 66.3. The number of ether oxygens (including phenoxy) is 4. The monoisotopic (exact) mass is 1070 g/mol. The van der Waals surface area contributed by atoms with Gasteiger partial charge in [-0.1, -0.05) is 239 Å². The van der Waals surface area contributed by atoms with Crippen LogP contribution in [0.1, 0.15) is 297 Å². The molecule has 0 saturated carbocycles. The van der Waals surface area contributed by atoms with E-state index in [-0.39, 0.29) is 65.2 Å². The first-order chi connectivity index (χ1) is 37.5. The molecule has 0 fully saturated rings. The van der Waals surface area contributed by atoms with Crippen LogP contribution in [0.5, 0.6) is 23.0 Å². The molecule has 3 aromatic rings. The zero-order valence-electron chi connectivity index (χ0n) is 48.5. The highest BCUT2D eigenvalue weighted by atomic mass is 16.6. The number of hydrogen-bond acceptors (Lipinski definition) is 11. The molecule has 1 unspecified atom stereocenters. The summed E-state index contributed by atoms with van der Waals surface area (Å²) in [5.74, 6) is -5.18. The van der Waals surface area contributed by atoms with Crippen LogP contribution in [0.4, 0.5) is 0 Å². The van der Waals surface area contributed by atoms with Gasteiger partial charge >= 0.3 is 29.8 Å². The number of benzene rings is 2. The molecule has 0 bridgehead atoms. The standard InChI is InChI=1S/C65H100O12/c1-6-11-16-21-26-31-36-41-57(66)73-51-48-55(75-59(68)43-38-33-28-23-18-13-8-3)61-56(49-51)76-63(64(62(61)70)77-60(69)44-39-34-29-24-19-14-9-4)50-45-46-52(53(65(71)72)40-35-30-25-20-15-10-5)54(47-50)74-58(67)42-37-32-27-22-17-12-7-2/h45-49,53H,6-44H2,1-5H3,(H,71,72). The van der Waals surface area contributed by atoms with Crippen molar-refractivity contribution < 1.29 is 52.4 Å². The molecule has 1 N–H and O–H groups in total. The number of fused-ring (bicyclic) bond motifs is 1. The summed E-state index contributed by atoms with van der Waals surface area (Å²) in [6.45, 7) is 10.8. The second-order valence-electron chi connectivity index (χ2n) is 21.5. The van der Waals surface area contributed by atoms with Crippen LogP contribution in [0.3, 0.4) is 0 Å². The number of unbranched alkanes of at least 4 members (excludes halogenated alkanes) is 29. The molecule has 0 aliphatic heterocycles. The Balaban J connectivity index is 2.19. The summed E-state index contributed by atoms with van der Waals surface area (Å²) in [7, 11) is 0. The van der Waals surface area contributed by atoms with Gasteiger partial charge in [-0.2, -0.15) is 0 Å². The van der Waals surface area contributed by atoms with Crippen LogP contribution >= 0.6 is 0 Å². The van der Waals surface area contributed by atoms with Gasteiger partial charge in [-0.05, 0) is 38.2 Å². The molecule has 12 nitrogen and oxygen atoms in total. The van der Waals surface area contributed by atoms with E-state index in [0.29, 0.717) is 44.1 Å². The molecular formula is C65H100O12. The summed E-state index contributed by atoms with van der Waals surface area (Å²) in [6.07, 6.45) is 34.3. The molecule has 0 amide bonds. The quantitative estimate of drug-likeness (QED) is 0.0323. The van der Waals surface area contributed by atoms with E-state index in [9.17, 15) is 29.1 Å². The predicted molar refractivity (Wildman–Crippen MR) is 309 cm³/mol. The Morgan fingerprint density at radius 3 is 1.25 bits per heavy atom. The molecule has 77 heavy (non-hydrogen) atoms. The van der Waals surface area contributed by atoms with E-state index < -0.39 is 46.9 Å². The van der Waals surface area contributed by atoms with E-state index in [0.717, 1.165) is 167 Å². The first-order valence-electron chi connectivity index (χ1n) is 30.8. The number of esters is 4. The van der Waals surface area contributed by atoms with Crippen molar-refractivity contribution >= 4 is 40.8 Å². The second-order valence-corrected chi connectivity index (χ2v) is 21.5. The first-order valence-corrected chi connectivity index (χ1v) is 30.8. The van der Waals surface area contributed by atoms with Gasteiger partial charge in [0.05, 0.1) is 5.92 Å². The smallest absolute Gasteiger partial charge is 0.311 e. The van der Waals surface area contributed by atoms with Crippen LogP contribution in [0.15, 0.2) is 39.5 Å². The maximum absolute atomic E-state index is 15.1. The van der Waals surface area contributed by atoms with Crippen molar-refractivity contribution in [3.63, 3.8) is 0 Å². The van der Waals surface area contributed by atoms with Crippen molar-refractivity contribution in [1.29, 1.82) is 0 Å². The number of carbonyl (C=O) groups excluding carboxylic acids is 4. The van der Waals surface area contributed by atoms with Crippen LogP contribution in [0.25, 0.3) is 22.3 Å². The molecule has 0 saturated heterocycles. The summed E-state index contributed by atoms with van der Waals surface area (Å²) in [5, 5.41) is 10.5. The summed E-state index contributed by atoms with van der Waals surface area (Å²) in [5.41, 5.74) is -0.437. The van der Waals surface area contributed by atoms with Gasteiger partial charge < -0.3 is 28.5 Å². The Bertz CT molecular complexity index is 2220. The molecule has 2 aromatic carbocycles. The van der Waals surface area contributed by atoms with E-state index >= 15 is 4.79 Å². The maximum Gasteiger partial charge on any atom is 0.311 e. The lowest BCUT2D eigenvalue weighted by Gasteiger charge is -2.19. The SMILES string of the molecule is CCCCCCCCCC(=O)Oc1cc(OC(=O)CCCCCCCCC)c2c(=O)c(OC(=O)CCCCCCCCC)c(-c3ccc(C(CCCCCCCC)C(=O)O)c(OC(=O)CCCCCCCCC)c3)oc2c1. The van der Waals surface area contributed by atoms with Crippen LogP contribution < -0.4 is 24.4 Å². The van der Waals surface area contributed by atoms with Gasteiger partial charge in [0.25, 0.3) is 0 Å². The fraction of sp³-hybridized carbons (Fsp3) is 0.692. The number of rotatable bonds is 46. The van der Waals surface area contributed by atoms with Gasteiger partial charge in [0.15, 0.2) is 5.76 Å². The van der Waals surface area contributed by atoms with Crippen molar-refractivity contribution in [3.8, 4) is 34.3 Å². The Morgan fingerprint density at radius 2 is 0.818 bits per heavy atom. The number of aliphatic carboxylic acids is 1. The molecular weight excluding hydrogens is 973 g/mol. The molecule has 12 heteroatoms. The Hall–Kier alpha value is -5.00. The number of carboxylic acids is 1. The van der Waals surface area contributed by atoms with Gasteiger partial charge in [-0.3, -0.25) is 28.8 Å². The molecule has 3 rings (SSSR count). The molecule has 0 radical (unpaired) electrons. The summed E-state index contributed by atoms with van der Waals surface area (Å²) < 4.78 is 30.5. The van der Waals surface area contributed by atoms with E-state index in [4.69, 9.17) is 23.4 Å². The van der Waals surface area contributed by atoms with E-state index in [1.54, 1.807) is 12.1 Å². The Kier molecular flexibility index (Phi) is 35.4. The third kappa shape index (κ3) is 26.9. The molecule has 0 aliphatic rings. The minimum atomic E-state index is -1.06. The van der Waals surface area contributed by atoms with E-state index in [1.807, 2.05) is 0 Å². The molecule has 0 spiro atoms. The highest BCUT2D eigenvalue weighted by molar-refractivity contribution is 5.92. The number of carbonyl (C=O) groups is 5. The van der Waals surface area contributed by atoms with Crippen LogP contribution in [-0.4, -0.2) is 35.0 Å². The summed E-state index contributed by atoms with van der Waals surface area (Å²) in [4.78, 5) is 82.5. The number of carboxylic acid groups (broad SMARTS) is 1. The zero-order valence-corrected chi connectivity index (χ0v) is 48.5. The minimum Gasteiger partial charge on any atom is -0.481 e. The summed E-state index contributed by atoms with van der Waals surface area (Å²) in [6, 6.07) is 7.35. The third-order valence-corrected chi connectivity index (χ3v) is 14.5. The van der Waals surface area contributed by atoms with E-state index in [2.05, 4.69) is 34.6 Å². The van der Waals surface area contributed by atoms with Crippen molar-refractivity contribution in [2.45, 2.75) is 291 Å². The van der Waals surface area contributed by atoms with E-state index in [1.165, 1.54) is 37.5 Å². The van der Waals surface area contributed by atoms with Crippen molar-refractivity contribution in [3.05, 3.63) is 46.1 Å². The average molecular weight is 1070 g/mol. The fourth-order valence-corrected chi connectivity index (χ4v) is 9.86. The molecule has 0 aliphatic carbocycles. The second kappa shape index (κ2) is 41.1. The van der Waals surface area contributed by atoms with Gasteiger partial charge in [0.2, 0.25) is 11.2 Å². The maximum atomic E-state index is 15.1. The van der Waals surface area contributed by atoms with Crippen LogP contribution in [0.2, 0.25) is 0 Å². The highest BCUT2D eigenvalue weighted by Crippen LogP contribution is 2.41. The summed E-state index contributed by atoms with van der Waals surface area (Å²) >= 11 is 0. The lowest BCUT2D eigenvalue weighted by Crippen LogP contribution is -2.18. The average Bonchev–Trinajstić information content (AvgIpc) is 3.41. The molecule has 432 valence electrons. The van der Waals surface area contributed by atoms with Gasteiger partial charge in [-0.15, -0.1) is 0 Å².